The molecule has 4 heteroatoms. The molecular weight excluding hydrogens is 468 g/mol. The van der Waals surface area contributed by atoms with Crippen molar-refractivity contribution in [2.75, 3.05) is 0 Å². The van der Waals surface area contributed by atoms with Gasteiger partial charge in [0.05, 0.1) is 11.4 Å². The van der Waals surface area contributed by atoms with Gasteiger partial charge in [-0.15, -0.1) is 0 Å². The number of fused-ring (bicyclic) bond motifs is 2. The van der Waals surface area contributed by atoms with Crippen LogP contribution in [0.5, 0.6) is 11.5 Å². The molecule has 0 bridgehead atoms. The first kappa shape index (κ1) is 23.2. The monoisotopic (exact) mass is 492 g/mol. The molecule has 0 aliphatic heterocycles. The van der Waals surface area contributed by atoms with Crippen LogP contribution in [-0.4, -0.2) is 22.6 Å². The molecule has 2 N–H and O–H groups in total. The van der Waals surface area contributed by atoms with Crippen molar-refractivity contribution in [3.8, 4) is 22.6 Å². The smallest absolute Gasteiger partial charge is 0.124 e. The summed E-state index contributed by atoms with van der Waals surface area (Å²) in [7, 11) is 0. The lowest BCUT2D eigenvalue weighted by Gasteiger charge is -2.16. The highest BCUT2D eigenvalue weighted by Crippen LogP contribution is 2.45. The topological polar surface area (TPSA) is 65.2 Å². The number of phenolic OH excluding ortho intramolecular Hbond substituents is 2. The van der Waals surface area contributed by atoms with E-state index >= 15 is 0 Å². The fraction of sp³-hybridized carbons (Fsp3) is 0. The third-order valence-corrected chi connectivity index (χ3v) is 6.62. The van der Waals surface area contributed by atoms with Crippen LogP contribution in [0.25, 0.3) is 32.7 Å². The zero-order valence-electron chi connectivity index (χ0n) is 20.5. The number of para-hydroxylation sites is 2. The lowest BCUT2D eigenvalue weighted by atomic mass is 9.91. The Kier molecular flexibility index (Phi) is 6.12. The van der Waals surface area contributed by atoms with E-state index in [2.05, 4.69) is 36.4 Å². The fourth-order valence-electron chi connectivity index (χ4n) is 4.73. The molecule has 0 aliphatic carbocycles. The highest BCUT2D eigenvalue weighted by atomic mass is 16.3. The predicted molar refractivity (Wildman–Crippen MR) is 158 cm³/mol. The van der Waals surface area contributed by atoms with Gasteiger partial charge in [-0.3, -0.25) is 9.98 Å². The van der Waals surface area contributed by atoms with Crippen LogP contribution in [0.2, 0.25) is 0 Å². The fourth-order valence-corrected chi connectivity index (χ4v) is 4.73. The third kappa shape index (κ3) is 4.40. The minimum Gasteiger partial charge on any atom is -0.507 e. The molecule has 0 saturated carbocycles. The van der Waals surface area contributed by atoms with Gasteiger partial charge in [0.15, 0.2) is 0 Å². The minimum absolute atomic E-state index is 0.178. The second-order valence-corrected chi connectivity index (χ2v) is 9.00. The van der Waals surface area contributed by atoms with Gasteiger partial charge in [-0.25, -0.2) is 0 Å². The average molecular weight is 493 g/mol. The van der Waals surface area contributed by atoms with E-state index in [1.165, 1.54) is 0 Å². The molecule has 0 radical (unpaired) electrons. The van der Waals surface area contributed by atoms with Gasteiger partial charge in [0.25, 0.3) is 0 Å². The van der Waals surface area contributed by atoms with E-state index in [4.69, 9.17) is 9.98 Å². The molecule has 6 aromatic carbocycles. The van der Waals surface area contributed by atoms with Gasteiger partial charge >= 0.3 is 0 Å². The summed E-state index contributed by atoms with van der Waals surface area (Å²) < 4.78 is 0. The molecule has 0 aliphatic rings. The molecule has 0 spiro atoms. The first-order valence-electron chi connectivity index (χ1n) is 12.4. The number of hydrogen-bond acceptors (Lipinski definition) is 4. The second-order valence-electron chi connectivity index (χ2n) is 9.00. The van der Waals surface area contributed by atoms with Crippen LogP contribution in [-0.2, 0) is 0 Å². The van der Waals surface area contributed by atoms with E-state index in [1.807, 2.05) is 60.7 Å². The van der Waals surface area contributed by atoms with Crippen molar-refractivity contribution in [3.63, 3.8) is 0 Å². The number of hydrogen-bond donors (Lipinski definition) is 2. The molecule has 4 nitrogen and oxygen atoms in total. The van der Waals surface area contributed by atoms with Gasteiger partial charge in [0, 0.05) is 34.7 Å². The number of nitrogens with zero attached hydrogens (tertiary/aromatic N) is 2. The Morgan fingerprint density at radius 1 is 0.421 bits per heavy atom. The Labute approximate surface area is 220 Å². The van der Waals surface area contributed by atoms with Gasteiger partial charge in [-0.1, -0.05) is 84.9 Å². The summed E-state index contributed by atoms with van der Waals surface area (Å²) in [5.74, 6) is 0.355. The minimum atomic E-state index is 0.178. The summed E-state index contributed by atoms with van der Waals surface area (Å²) >= 11 is 0. The van der Waals surface area contributed by atoms with Crippen molar-refractivity contribution in [1.29, 1.82) is 0 Å². The summed E-state index contributed by atoms with van der Waals surface area (Å²) in [6.45, 7) is 0. The number of rotatable bonds is 5. The van der Waals surface area contributed by atoms with Crippen molar-refractivity contribution in [3.05, 3.63) is 132 Å². The molecule has 0 amide bonds. The molecule has 6 aromatic rings. The molecule has 0 saturated heterocycles. The van der Waals surface area contributed by atoms with Crippen LogP contribution < -0.4 is 0 Å². The molecule has 0 fully saturated rings. The molecule has 0 heterocycles. The highest BCUT2D eigenvalue weighted by molar-refractivity contribution is 6.13. The SMILES string of the molecule is Oc1ccccc1C=Nc1ccc2ccccc2c1-c1c(N=Cc2ccccc2O)ccc2ccccc12. The van der Waals surface area contributed by atoms with E-state index in [0.29, 0.717) is 11.1 Å². The van der Waals surface area contributed by atoms with Gasteiger partial charge in [0.1, 0.15) is 11.5 Å². The summed E-state index contributed by atoms with van der Waals surface area (Å²) in [5.41, 5.74) is 4.72. The standard InChI is InChI=1S/C34H24N2O2/c37-31-15-7-3-11-25(31)21-35-29-19-17-23-9-1-5-13-27(23)33(29)34-28-14-6-2-10-24(28)18-20-30(34)36-22-26-12-4-8-16-32(26)38/h1-22,37-38H. The van der Waals surface area contributed by atoms with Gasteiger partial charge in [-0.05, 0) is 57.9 Å². The van der Waals surface area contributed by atoms with E-state index in [1.54, 1.807) is 36.7 Å². The maximum absolute atomic E-state index is 10.3. The van der Waals surface area contributed by atoms with Crippen LogP contribution >= 0.6 is 0 Å². The van der Waals surface area contributed by atoms with Crippen molar-refractivity contribution in [2.45, 2.75) is 0 Å². The number of aromatic hydroxyl groups is 2. The molecule has 38 heavy (non-hydrogen) atoms. The average Bonchev–Trinajstić information content (AvgIpc) is 2.96. The van der Waals surface area contributed by atoms with Crippen LogP contribution in [0.3, 0.4) is 0 Å². The first-order valence-corrected chi connectivity index (χ1v) is 12.4. The largest absolute Gasteiger partial charge is 0.507 e. The van der Waals surface area contributed by atoms with E-state index in [9.17, 15) is 10.2 Å². The number of benzene rings is 6. The normalized spacial score (nSPS) is 11.7. The summed E-state index contributed by atoms with van der Waals surface area (Å²) in [6.07, 6.45) is 3.39. The molecule has 0 aromatic heterocycles. The Bertz CT molecular complexity index is 1720. The van der Waals surface area contributed by atoms with E-state index < -0.39 is 0 Å². The molecule has 0 unspecified atom stereocenters. The summed E-state index contributed by atoms with van der Waals surface area (Å²) in [6, 6.07) is 38.9. The maximum atomic E-state index is 10.3. The second kappa shape index (κ2) is 10.0. The zero-order valence-corrected chi connectivity index (χ0v) is 20.5. The Balaban J connectivity index is 1.64. The van der Waals surface area contributed by atoms with Crippen LogP contribution in [0.4, 0.5) is 11.4 Å². The molecule has 0 atom stereocenters. The van der Waals surface area contributed by atoms with Crippen molar-refractivity contribution >= 4 is 45.3 Å². The summed E-state index contributed by atoms with van der Waals surface area (Å²) in [5, 5.41) is 24.9. The lowest BCUT2D eigenvalue weighted by Crippen LogP contribution is -1.89. The van der Waals surface area contributed by atoms with E-state index in [-0.39, 0.29) is 11.5 Å². The van der Waals surface area contributed by atoms with E-state index in [0.717, 1.165) is 44.0 Å². The van der Waals surface area contributed by atoms with Gasteiger partial charge in [0.2, 0.25) is 0 Å². The third-order valence-electron chi connectivity index (χ3n) is 6.62. The number of phenols is 2. The summed E-state index contributed by atoms with van der Waals surface area (Å²) in [4.78, 5) is 9.73. The Morgan fingerprint density at radius 3 is 1.26 bits per heavy atom. The Hall–Kier alpha value is -5.22. The quantitative estimate of drug-likeness (QED) is 0.237. The lowest BCUT2D eigenvalue weighted by molar-refractivity contribution is 0.474. The Morgan fingerprint density at radius 2 is 0.816 bits per heavy atom. The van der Waals surface area contributed by atoms with Crippen LogP contribution in [0.1, 0.15) is 11.1 Å². The van der Waals surface area contributed by atoms with Gasteiger partial charge in [-0.2, -0.15) is 0 Å². The maximum Gasteiger partial charge on any atom is 0.124 e. The molecule has 6 rings (SSSR count). The number of aliphatic imine (C=N–C) groups is 2. The van der Waals surface area contributed by atoms with Crippen LogP contribution in [0.15, 0.2) is 131 Å². The van der Waals surface area contributed by atoms with Crippen LogP contribution in [0, 0.1) is 0 Å². The van der Waals surface area contributed by atoms with Crippen molar-refractivity contribution < 1.29 is 10.2 Å². The predicted octanol–water partition coefficient (Wildman–Crippen LogP) is 8.57. The molecular formula is C34H24N2O2. The van der Waals surface area contributed by atoms with Gasteiger partial charge < -0.3 is 10.2 Å². The highest BCUT2D eigenvalue weighted by Gasteiger charge is 2.17. The molecule has 182 valence electrons. The zero-order chi connectivity index (χ0) is 25.9. The van der Waals surface area contributed by atoms with Crippen molar-refractivity contribution in [2.24, 2.45) is 9.98 Å². The van der Waals surface area contributed by atoms with Crippen molar-refractivity contribution in [1.82, 2.24) is 0 Å². The first-order chi connectivity index (χ1) is 18.7.